The summed E-state index contributed by atoms with van der Waals surface area (Å²) in [5, 5.41) is 9.95. The first-order chi connectivity index (χ1) is 26.2. The highest BCUT2D eigenvalue weighted by atomic mass is 14.7. The smallest absolute Gasteiger partial charge is 0.0714 e. The number of aryl methyl sites for hydroxylation is 1. The molecule has 53 heavy (non-hydrogen) atoms. The van der Waals surface area contributed by atoms with Crippen LogP contribution in [0, 0.1) is 6.92 Å². The molecule has 0 saturated carbocycles. The lowest BCUT2D eigenvalue weighted by Crippen LogP contribution is -1.93. The standard InChI is InChI=1S/C52H35N/c1-34-24-26-36(27-25-34)41-28-29-49(43-18-5-4-17-42(41)43)52-47-21-8-6-19-45(47)51(46-20-7-9-22-48(46)52)39-15-10-14-37(32-39)38-30-31-53-50(33-38)44-23-11-13-35-12-2-3-16-40(35)44/h2-33H,1H3. The van der Waals surface area contributed by atoms with Gasteiger partial charge in [0.2, 0.25) is 0 Å². The fourth-order valence-corrected chi connectivity index (χ4v) is 8.29. The van der Waals surface area contributed by atoms with Gasteiger partial charge in [0.05, 0.1) is 5.69 Å². The Bertz CT molecular complexity index is 2940. The van der Waals surface area contributed by atoms with Gasteiger partial charge < -0.3 is 0 Å². The average molecular weight is 674 g/mol. The fourth-order valence-electron chi connectivity index (χ4n) is 8.29. The summed E-state index contributed by atoms with van der Waals surface area (Å²) >= 11 is 0. The number of hydrogen-bond acceptors (Lipinski definition) is 1. The van der Waals surface area contributed by atoms with Crippen LogP contribution in [0.25, 0.3) is 98.9 Å². The molecule has 10 rings (SSSR count). The molecule has 0 saturated heterocycles. The van der Waals surface area contributed by atoms with Crippen LogP contribution in [0.4, 0.5) is 0 Å². The number of fused-ring (bicyclic) bond motifs is 4. The minimum absolute atomic E-state index is 0.977. The van der Waals surface area contributed by atoms with E-state index in [1.807, 2.05) is 6.20 Å². The molecular weight excluding hydrogens is 639 g/mol. The quantitative estimate of drug-likeness (QED) is 0.166. The van der Waals surface area contributed by atoms with Crippen LogP contribution in [0.3, 0.4) is 0 Å². The first-order valence-electron chi connectivity index (χ1n) is 18.3. The third-order valence-corrected chi connectivity index (χ3v) is 10.8. The summed E-state index contributed by atoms with van der Waals surface area (Å²) in [5.41, 5.74) is 13.2. The van der Waals surface area contributed by atoms with E-state index in [0.29, 0.717) is 0 Å². The van der Waals surface area contributed by atoms with E-state index in [1.165, 1.54) is 87.6 Å². The van der Waals surface area contributed by atoms with E-state index in [2.05, 4.69) is 195 Å². The lowest BCUT2D eigenvalue weighted by molar-refractivity contribution is 1.33. The molecule has 1 heterocycles. The molecule has 1 heteroatoms. The van der Waals surface area contributed by atoms with Crippen LogP contribution in [-0.4, -0.2) is 4.98 Å². The largest absolute Gasteiger partial charge is 0.256 e. The van der Waals surface area contributed by atoms with Crippen LogP contribution in [0.1, 0.15) is 5.56 Å². The lowest BCUT2D eigenvalue weighted by Gasteiger charge is -2.20. The minimum atomic E-state index is 0.977. The summed E-state index contributed by atoms with van der Waals surface area (Å²) in [6.45, 7) is 2.14. The second-order valence-electron chi connectivity index (χ2n) is 14.0. The van der Waals surface area contributed by atoms with Gasteiger partial charge >= 0.3 is 0 Å². The zero-order chi connectivity index (χ0) is 35.3. The van der Waals surface area contributed by atoms with E-state index in [4.69, 9.17) is 4.98 Å². The summed E-state index contributed by atoms with van der Waals surface area (Å²) in [6, 6.07) is 68.6. The van der Waals surface area contributed by atoms with Gasteiger partial charge in [0.1, 0.15) is 0 Å². The Morgan fingerprint density at radius 3 is 1.57 bits per heavy atom. The van der Waals surface area contributed by atoms with Crippen molar-refractivity contribution in [2.75, 3.05) is 0 Å². The molecule has 1 nitrogen and oxygen atoms in total. The molecule has 0 aliphatic carbocycles. The van der Waals surface area contributed by atoms with Crippen LogP contribution in [0.5, 0.6) is 0 Å². The van der Waals surface area contributed by atoms with Gasteiger partial charge in [-0.15, -0.1) is 0 Å². The Kier molecular flexibility index (Phi) is 7.44. The predicted molar refractivity (Wildman–Crippen MR) is 226 cm³/mol. The molecule has 0 bridgehead atoms. The van der Waals surface area contributed by atoms with Crippen molar-refractivity contribution in [1.82, 2.24) is 4.98 Å². The van der Waals surface area contributed by atoms with Gasteiger partial charge in [-0.05, 0) is 113 Å². The van der Waals surface area contributed by atoms with E-state index >= 15 is 0 Å². The zero-order valence-electron chi connectivity index (χ0n) is 29.4. The van der Waals surface area contributed by atoms with Gasteiger partial charge in [0.15, 0.2) is 0 Å². The number of rotatable bonds is 5. The van der Waals surface area contributed by atoms with Crippen molar-refractivity contribution in [3.05, 3.63) is 200 Å². The molecule has 0 spiro atoms. The summed E-state index contributed by atoms with van der Waals surface area (Å²) < 4.78 is 0. The third kappa shape index (κ3) is 5.29. The Balaban J connectivity index is 1.16. The maximum atomic E-state index is 4.83. The molecule has 0 N–H and O–H groups in total. The fraction of sp³-hybridized carbons (Fsp3) is 0.0192. The Morgan fingerprint density at radius 1 is 0.321 bits per heavy atom. The van der Waals surface area contributed by atoms with Crippen molar-refractivity contribution in [2.45, 2.75) is 6.92 Å². The topological polar surface area (TPSA) is 12.9 Å². The van der Waals surface area contributed by atoms with Gasteiger partial charge in [0, 0.05) is 11.8 Å². The van der Waals surface area contributed by atoms with E-state index in [0.717, 1.165) is 16.8 Å². The van der Waals surface area contributed by atoms with Crippen LogP contribution in [0.2, 0.25) is 0 Å². The van der Waals surface area contributed by atoms with Gasteiger partial charge in [-0.25, -0.2) is 0 Å². The Hall–Kier alpha value is -6.83. The normalized spacial score (nSPS) is 11.5. The van der Waals surface area contributed by atoms with Gasteiger partial charge in [-0.2, -0.15) is 0 Å². The molecule has 0 fully saturated rings. The van der Waals surface area contributed by atoms with Crippen LogP contribution < -0.4 is 0 Å². The molecule has 9 aromatic carbocycles. The number of benzene rings is 9. The molecular formula is C52H35N. The van der Waals surface area contributed by atoms with E-state index in [1.54, 1.807) is 0 Å². The molecule has 0 aliphatic rings. The monoisotopic (exact) mass is 673 g/mol. The zero-order valence-corrected chi connectivity index (χ0v) is 29.4. The average Bonchev–Trinajstić information content (AvgIpc) is 3.23. The minimum Gasteiger partial charge on any atom is -0.256 e. The van der Waals surface area contributed by atoms with Gasteiger partial charge in [0.25, 0.3) is 0 Å². The summed E-state index contributed by atoms with van der Waals surface area (Å²) in [4.78, 5) is 4.83. The molecule has 1 aromatic heterocycles. The second kappa shape index (κ2) is 12.7. The second-order valence-corrected chi connectivity index (χ2v) is 14.0. The van der Waals surface area contributed by atoms with Crippen molar-refractivity contribution in [1.29, 1.82) is 0 Å². The third-order valence-electron chi connectivity index (χ3n) is 10.8. The summed E-state index contributed by atoms with van der Waals surface area (Å²) in [6.07, 6.45) is 1.94. The molecule has 0 aliphatic heterocycles. The molecule has 0 radical (unpaired) electrons. The van der Waals surface area contributed by atoms with Gasteiger partial charge in [-0.3, -0.25) is 4.98 Å². The van der Waals surface area contributed by atoms with Crippen molar-refractivity contribution in [3.63, 3.8) is 0 Å². The molecule has 248 valence electrons. The highest BCUT2D eigenvalue weighted by Crippen LogP contribution is 2.47. The van der Waals surface area contributed by atoms with Crippen molar-refractivity contribution >= 4 is 43.1 Å². The maximum Gasteiger partial charge on any atom is 0.0714 e. The summed E-state index contributed by atoms with van der Waals surface area (Å²) in [5.74, 6) is 0. The van der Waals surface area contributed by atoms with Crippen molar-refractivity contribution < 1.29 is 0 Å². The number of nitrogens with zero attached hydrogens (tertiary/aromatic N) is 1. The molecule has 0 unspecified atom stereocenters. The highest BCUT2D eigenvalue weighted by Gasteiger charge is 2.19. The van der Waals surface area contributed by atoms with Gasteiger partial charge in [-0.1, -0.05) is 175 Å². The number of aromatic nitrogens is 1. The number of hydrogen-bond donors (Lipinski definition) is 0. The molecule has 0 amide bonds. The first kappa shape index (κ1) is 30.9. The van der Waals surface area contributed by atoms with E-state index in [9.17, 15) is 0 Å². The maximum absolute atomic E-state index is 4.83. The Morgan fingerprint density at radius 2 is 0.849 bits per heavy atom. The lowest BCUT2D eigenvalue weighted by atomic mass is 9.83. The SMILES string of the molecule is Cc1ccc(-c2ccc(-c3c4ccccc4c(-c4cccc(-c5ccnc(-c6cccc7ccccc67)c5)c4)c4ccccc34)c3ccccc23)cc1. The van der Waals surface area contributed by atoms with Crippen LogP contribution in [-0.2, 0) is 0 Å². The van der Waals surface area contributed by atoms with Crippen LogP contribution in [0.15, 0.2) is 194 Å². The molecule has 0 atom stereocenters. The van der Waals surface area contributed by atoms with E-state index < -0.39 is 0 Å². The Labute approximate surface area is 309 Å². The number of pyridine rings is 1. The van der Waals surface area contributed by atoms with E-state index in [-0.39, 0.29) is 0 Å². The predicted octanol–water partition coefficient (Wildman–Crippen LogP) is 14.3. The summed E-state index contributed by atoms with van der Waals surface area (Å²) in [7, 11) is 0. The van der Waals surface area contributed by atoms with Crippen molar-refractivity contribution in [3.8, 4) is 55.8 Å². The highest BCUT2D eigenvalue weighted by molar-refractivity contribution is 6.24. The van der Waals surface area contributed by atoms with Crippen molar-refractivity contribution in [2.24, 2.45) is 0 Å². The first-order valence-corrected chi connectivity index (χ1v) is 18.3. The van der Waals surface area contributed by atoms with Crippen LogP contribution >= 0.6 is 0 Å². The molecule has 10 aromatic rings.